The highest BCUT2D eigenvalue weighted by Gasteiger charge is 2.33. The van der Waals surface area contributed by atoms with E-state index in [9.17, 15) is 4.79 Å². The number of carbonyl (C=O) groups is 1. The number of oxime groups is 1. The maximum absolute atomic E-state index is 12.1. The molecule has 0 aromatic heterocycles. The fourth-order valence-electron chi connectivity index (χ4n) is 2.03. The Bertz CT molecular complexity index is 324. The van der Waals surface area contributed by atoms with Gasteiger partial charge in [-0.05, 0) is 19.3 Å². The first kappa shape index (κ1) is 12.9. The number of amidine groups is 1. The van der Waals surface area contributed by atoms with E-state index < -0.39 is 0 Å². The molecule has 7 nitrogen and oxygen atoms in total. The highest BCUT2D eigenvalue weighted by Crippen LogP contribution is 2.27. The Hall–Kier alpha value is -1.50. The van der Waals surface area contributed by atoms with Gasteiger partial charge in [-0.15, -0.1) is 0 Å². The number of nitrogens with one attached hydrogen (secondary N) is 1. The van der Waals surface area contributed by atoms with Crippen molar-refractivity contribution in [2.75, 3.05) is 19.8 Å². The van der Waals surface area contributed by atoms with Gasteiger partial charge in [-0.3, -0.25) is 0 Å². The molecule has 1 unspecified atom stereocenters. The van der Waals surface area contributed by atoms with Crippen molar-refractivity contribution in [2.45, 2.75) is 37.8 Å². The summed E-state index contributed by atoms with van der Waals surface area (Å²) in [7, 11) is 0. The Balaban J connectivity index is 1.82. The van der Waals surface area contributed by atoms with Crippen molar-refractivity contribution >= 4 is 11.9 Å². The molecule has 1 atom stereocenters. The minimum absolute atomic E-state index is 0.0706. The second-order valence-electron chi connectivity index (χ2n) is 4.78. The van der Waals surface area contributed by atoms with E-state index in [0.29, 0.717) is 32.2 Å². The summed E-state index contributed by atoms with van der Waals surface area (Å²) in [6.07, 6.45) is 3.32. The summed E-state index contributed by atoms with van der Waals surface area (Å²) in [6.45, 7) is 1.78. The molecule has 1 aliphatic carbocycles. The Morgan fingerprint density at radius 2 is 2.28 bits per heavy atom. The second kappa shape index (κ2) is 5.90. The first-order valence-electron chi connectivity index (χ1n) is 6.32. The van der Waals surface area contributed by atoms with E-state index in [1.165, 1.54) is 0 Å². The SMILES string of the molecule is NC(CCN(C(=O)NC1CCOC1)C1CC1)=NO. The van der Waals surface area contributed by atoms with Crippen LogP contribution in [0.25, 0.3) is 0 Å². The van der Waals surface area contributed by atoms with Gasteiger partial charge in [0, 0.05) is 25.6 Å². The Morgan fingerprint density at radius 1 is 1.50 bits per heavy atom. The third-order valence-electron chi connectivity index (χ3n) is 3.24. The van der Waals surface area contributed by atoms with Gasteiger partial charge in [0.15, 0.2) is 0 Å². The van der Waals surface area contributed by atoms with E-state index in [-0.39, 0.29) is 17.9 Å². The summed E-state index contributed by atoms with van der Waals surface area (Å²) in [6, 6.07) is 0.347. The van der Waals surface area contributed by atoms with Crippen molar-refractivity contribution in [3.63, 3.8) is 0 Å². The molecule has 0 bridgehead atoms. The van der Waals surface area contributed by atoms with Crippen molar-refractivity contribution in [3.05, 3.63) is 0 Å². The largest absolute Gasteiger partial charge is 0.409 e. The van der Waals surface area contributed by atoms with E-state index in [2.05, 4.69) is 10.5 Å². The first-order valence-corrected chi connectivity index (χ1v) is 6.32. The molecule has 0 spiro atoms. The van der Waals surface area contributed by atoms with Gasteiger partial charge in [-0.1, -0.05) is 5.16 Å². The third kappa shape index (κ3) is 3.49. The predicted molar refractivity (Wildman–Crippen MR) is 65.5 cm³/mol. The molecule has 18 heavy (non-hydrogen) atoms. The van der Waals surface area contributed by atoms with E-state index in [4.69, 9.17) is 15.7 Å². The minimum atomic E-state index is -0.0706. The topological polar surface area (TPSA) is 100 Å². The maximum Gasteiger partial charge on any atom is 0.317 e. The van der Waals surface area contributed by atoms with Gasteiger partial charge in [-0.25, -0.2) is 4.79 Å². The van der Waals surface area contributed by atoms with Crippen LogP contribution in [0, 0.1) is 0 Å². The fraction of sp³-hybridized carbons (Fsp3) is 0.818. The molecule has 1 heterocycles. The molecule has 1 saturated carbocycles. The molecule has 2 amide bonds. The van der Waals surface area contributed by atoms with Crippen LogP contribution in [-0.2, 0) is 4.74 Å². The summed E-state index contributed by atoms with van der Waals surface area (Å²) in [5, 5.41) is 14.4. The molecule has 2 fully saturated rings. The molecule has 0 aromatic carbocycles. The molecular formula is C11H20N4O3. The van der Waals surface area contributed by atoms with Crippen LogP contribution in [0.1, 0.15) is 25.7 Å². The van der Waals surface area contributed by atoms with Crippen molar-refractivity contribution in [1.82, 2.24) is 10.2 Å². The smallest absolute Gasteiger partial charge is 0.317 e. The van der Waals surface area contributed by atoms with Gasteiger partial charge in [0.1, 0.15) is 5.84 Å². The molecule has 0 radical (unpaired) electrons. The first-order chi connectivity index (χ1) is 8.70. The highest BCUT2D eigenvalue weighted by atomic mass is 16.5. The van der Waals surface area contributed by atoms with Crippen LogP contribution in [0.4, 0.5) is 4.79 Å². The summed E-state index contributed by atoms with van der Waals surface area (Å²) in [5.74, 6) is 0.151. The van der Waals surface area contributed by atoms with Gasteiger partial charge < -0.3 is 25.9 Å². The van der Waals surface area contributed by atoms with Crippen molar-refractivity contribution in [3.8, 4) is 0 Å². The van der Waals surface area contributed by atoms with Crippen LogP contribution in [0.5, 0.6) is 0 Å². The number of nitrogens with zero attached hydrogens (tertiary/aromatic N) is 2. The number of nitrogens with two attached hydrogens (primary N) is 1. The van der Waals surface area contributed by atoms with E-state index in [0.717, 1.165) is 19.3 Å². The van der Waals surface area contributed by atoms with Crippen molar-refractivity contribution in [2.24, 2.45) is 10.9 Å². The molecule has 1 saturated heterocycles. The molecule has 2 rings (SSSR count). The number of carbonyl (C=O) groups excluding carboxylic acids is 1. The lowest BCUT2D eigenvalue weighted by Crippen LogP contribution is -2.47. The predicted octanol–water partition coefficient (Wildman–Crippen LogP) is 0.0858. The summed E-state index contributed by atoms with van der Waals surface area (Å²) < 4.78 is 5.22. The molecule has 1 aliphatic heterocycles. The van der Waals surface area contributed by atoms with Gasteiger partial charge in [0.25, 0.3) is 0 Å². The third-order valence-corrected chi connectivity index (χ3v) is 3.24. The number of rotatable bonds is 5. The lowest BCUT2D eigenvalue weighted by molar-refractivity contribution is 0.177. The molecule has 102 valence electrons. The average Bonchev–Trinajstić information content (AvgIpc) is 3.07. The van der Waals surface area contributed by atoms with Gasteiger partial charge in [0.2, 0.25) is 0 Å². The molecule has 7 heteroatoms. The molecule has 4 N–H and O–H groups in total. The monoisotopic (exact) mass is 256 g/mol. The summed E-state index contributed by atoms with van der Waals surface area (Å²) in [5.41, 5.74) is 5.43. The Kier molecular flexibility index (Phi) is 4.24. The molecule has 2 aliphatic rings. The second-order valence-corrected chi connectivity index (χ2v) is 4.78. The lowest BCUT2D eigenvalue weighted by atomic mass is 10.2. The zero-order valence-corrected chi connectivity index (χ0v) is 10.3. The van der Waals surface area contributed by atoms with Crippen LogP contribution in [0.2, 0.25) is 0 Å². The molecular weight excluding hydrogens is 236 g/mol. The van der Waals surface area contributed by atoms with Crippen LogP contribution >= 0.6 is 0 Å². The summed E-state index contributed by atoms with van der Waals surface area (Å²) >= 11 is 0. The number of amides is 2. The van der Waals surface area contributed by atoms with Crippen molar-refractivity contribution in [1.29, 1.82) is 0 Å². The Morgan fingerprint density at radius 3 is 2.83 bits per heavy atom. The van der Waals surface area contributed by atoms with Crippen LogP contribution < -0.4 is 11.1 Å². The highest BCUT2D eigenvalue weighted by molar-refractivity contribution is 5.81. The van der Waals surface area contributed by atoms with Gasteiger partial charge in [0.05, 0.1) is 12.6 Å². The van der Waals surface area contributed by atoms with Crippen LogP contribution in [-0.4, -0.2) is 53.8 Å². The van der Waals surface area contributed by atoms with E-state index in [1.807, 2.05) is 0 Å². The lowest BCUT2D eigenvalue weighted by Gasteiger charge is -2.24. The van der Waals surface area contributed by atoms with Crippen LogP contribution in [0.3, 0.4) is 0 Å². The number of hydrogen-bond donors (Lipinski definition) is 3. The maximum atomic E-state index is 12.1. The normalized spacial score (nSPS) is 24.0. The quantitative estimate of drug-likeness (QED) is 0.281. The Labute approximate surface area is 106 Å². The average molecular weight is 256 g/mol. The molecule has 0 aromatic rings. The van der Waals surface area contributed by atoms with E-state index >= 15 is 0 Å². The minimum Gasteiger partial charge on any atom is -0.409 e. The fourth-order valence-corrected chi connectivity index (χ4v) is 2.03. The zero-order chi connectivity index (χ0) is 13.0. The summed E-state index contributed by atoms with van der Waals surface area (Å²) in [4.78, 5) is 13.9. The van der Waals surface area contributed by atoms with Gasteiger partial charge in [-0.2, -0.15) is 0 Å². The standard InChI is InChI=1S/C11H20N4O3/c12-10(14-17)3-5-15(9-1-2-9)11(16)13-8-4-6-18-7-8/h8-9,17H,1-7H2,(H2,12,14)(H,13,16). The number of hydrogen-bond acceptors (Lipinski definition) is 4. The zero-order valence-electron chi connectivity index (χ0n) is 10.3. The van der Waals surface area contributed by atoms with Gasteiger partial charge >= 0.3 is 6.03 Å². The van der Waals surface area contributed by atoms with E-state index in [1.54, 1.807) is 4.90 Å². The van der Waals surface area contributed by atoms with Crippen LogP contribution in [0.15, 0.2) is 5.16 Å². The number of urea groups is 1. The number of ether oxygens (including phenoxy) is 1. The van der Waals surface area contributed by atoms with Crippen molar-refractivity contribution < 1.29 is 14.7 Å².